The Kier molecular flexibility index (Phi) is 37.4. The maximum Gasteiger partial charge on any atom is 0.472 e. The first-order valence-electron chi connectivity index (χ1n) is 21.9. The van der Waals surface area contributed by atoms with Crippen molar-refractivity contribution in [1.82, 2.24) is 0 Å². The van der Waals surface area contributed by atoms with Crippen LogP contribution in [0.25, 0.3) is 0 Å². The molecule has 4 N–H and O–H groups in total. The van der Waals surface area contributed by atoms with Gasteiger partial charge in [0.05, 0.1) is 13.2 Å². The van der Waals surface area contributed by atoms with Gasteiger partial charge in [-0.25, -0.2) is 4.57 Å². The van der Waals surface area contributed by atoms with Gasteiger partial charge < -0.3 is 25.2 Å². The fourth-order valence-electron chi connectivity index (χ4n) is 5.96. The molecule has 0 aliphatic rings. The molecule has 1 unspecified atom stereocenters. The minimum absolute atomic E-state index is 0.148. The molecule has 0 amide bonds. The predicted molar refractivity (Wildman–Crippen MR) is 222 cm³/mol. The molecule has 0 saturated carbocycles. The van der Waals surface area contributed by atoms with Crippen molar-refractivity contribution in [2.75, 3.05) is 19.8 Å². The Morgan fingerprint density at radius 2 is 0.982 bits per heavy atom. The van der Waals surface area contributed by atoms with E-state index in [2.05, 4.69) is 42.7 Å². The van der Waals surface area contributed by atoms with Gasteiger partial charge in [0.1, 0.15) is 12.6 Å². The zero-order valence-electron chi connectivity index (χ0n) is 34.8. The van der Waals surface area contributed by atoms with Crippen molar-refractivity contribution < 1.29 is 47.5 Å². The van der Waals surface area contributed by atoms with Gasteiger partial charge >= 0.3 is 25.7 Å². The summed E-state index contributed by atoms with van der Waals surface area (Å²) in [6.45, 7) is 2.76. The van der Waals surface area contributed by atoms with Gasteiger partial charge in [0, 0.05) is 12.8 Å². The molecule has 0 bridgehead atoms. The smallest absolute Gasteiger partial charge is 0.472 e. The summed E-state index contributed by atoms with van der Waals surface area (Å²) in [4.78, 5) is 45.9. The van der Waals surface area contributed by atoms with Crippen molar-refractivity contribution in [3.8, 4) is 0 Å². The molecule has 0 aromatic heterocycles. The lowest BCUT2D eigenvalue weighted by atomic mass is 10.0. The SMILES string of the molecule is CCCC/C=C\C/C=C\CCCCCCCC(=O)O[C@H](COC(=O)CCCCCCCCCCCCCCCCCCC)COP(=O)(O)OC[C@H](N)C(=O)O. The average molecular weight is 802 g/mol. The van der Waals surface area contributed by atoms with Gasteiger partial charge in [-0.1, -0.05) is 173 Å². The molecule has 0 fully saturated rings. The molecule has 3 atom stereocenters. The van der Waals surface area contributed by atoms with E-state index < -0.39 is 51.1 Å². The van der Waals surface area contributed by atoms with E-state index in [0.717, 1.165) is 64.2 Å². The lowest BCUT2D eigenvalue weighted by Crippen LogP contribution is -2.34. The number of ether oxygens (including phenoxy) is 2. The van der Waals surface area contributed by atoms with E-state index in [1.54, 1.807) is 0 Å². The molecule has 0 heterocycles. The summed E-state index contributed by atoms with van der Waals surface area (Å²) in [6, 6.07) is -1.52. The first-order valence-corrected chi connectivity index (χ1v) is 23.4. The van der Waals surface area contributed by atoms with Crippen molar-refractivity contribution in [2.24, 2.45) is 5.73 Å². The second kappa shape index (κ2) is 38.8. The number of carbonyl (C=O) groups excluding carboxylic acids is 2. The van der Waals surface area contributed by atoms with Gasteiger partial charge in [0.15, 0.2) is 6.10 Å². The highest BCUT2D eigenvalue weighted by Crippen LogP contribution is 2.43. The molecule has 0 spiro atoms. The Balaban J connectivity index is 4.34. The number of nitrogens with two attached hydrogens (primary N) is 1. The van der Waals surface area contributed by atoms with E-state index in [0.29, 0.717) is 12.8 Å². The van der Waals surface area contributed by atoms with Crippen molar-refractivity contribution in [2.45, 2.75) is 212 Å². The van der Waals surface area contributed by atoms with Crippen LogP contribution in [0.3, 0.4) is 0 Å². The van der Waals surface area contributed by atoms with E-state index in [4.69, 9.17) is 24.8 Å². The number of phosphoric ester groups is 1. The van der Waals surface area contributed by atoms with Crippen molar-refractivity contribution in [1.29, 1.82) is 0 Å². The molecule has 55 heavy (non-hydrogen) atoms. The topological polar surface area (TPSA) is 172 Å². The Morgan fingerprint density at radius 3 is 1.47 bits per heavy atom. The van der Waals surface area contributed by atoms with Gasteiger partial charge in [0.25, 0.3) is 0 Å². The molecule has 0 aromatic rings. The zero-order valence-corrected chi connectivity index (χ0v) is 35.7. The quantitative estimate of drug-likeness (QED) is 0.0232. The zero-order chi connectivity index (χ0) is 40.7. The van der Waals surface area contributed by atoms with E-state index in [1.807, 2.05) is 0 Å². The van der Waals surface area contributed by atoms with Crippen LogP contribution in [0.5, 0.6) is 0 Å². The predicted octanol–water partition coefficient (Wildman–Crippen LogP) is 11.5. The maximum absolute atomic E-state index is 12.6. The summed E-state index contributed by atoms with van der Waals surface area (Å²) in [5, 5.41) is 8.88. The number of carbonyl (C=O) groups is 3. The summed E-state index contributed by atoms with van der Waals surface area (Å²) >= 11 is 0. The molecule has 0 saturated heterocycles. The van der Waals surface area contributed by atoms with Crippen LogP contribution in [0.15, 0.2) is 24.3 Å². The number of carboxylic acid groups (broad SMARTS) is 1. The monoisotopic (exact) mass is 802 g/mol. The molecular formula is C43H80NO10P. The maximum atomic E-state index is 12.6. The lowest BCUT2D eigenvalue weighted by molar-refractivity contribution is -0.161. The van der Waals surface area contributed by atoms with Gasteiger partial charge in [-0.15, -0.1) is 0 Å². The number of rotatable bonds is 41. The van der Waals surface area contributed by atoms with Gasteiger partial charge in [0.2, 0.25) is 0 Å². The van der Waals surface area contributed by atoms with Crippen LogP contribution in [-0.4, -0.2) is 59.9 Å². The van der Waals surface area contributed by atoms with E-state index >= 15 is 0 Å². The fourth-order valence-corrected chi connectivity index (χ4v) is 6.74. The molecule has 0 aromatic carbocycles. The van der Waals surface area contributed by atoms with Crippen molar-refractivity contribution in [3.05, 3.63) is 24.3 Å². The summed E-state index contributed by atoms with van der Waals surface area (Å²) in [7, 11) is -4.71. The third-order valence-corrected chi connectivity index (χ3v) is 10.4. The average Bonchev–Trinajstić information content (AvgIpc) is 3.16. The molecule has 0 rings (SSSR count). The summed E-state index contributed by atoms with van der Waals surface area (Å²) in [5.41, 5.74) is 5.33. The Morgan fingerprint density at radius 1 is 0.564 bits per heavy atom. The summed E-state index contributed by atoms with van der Waals surface area (Å²) < 4.78 is 32.7. The normalized spacial score (nSPS) is 14.0. The van der Waals surface area contributed by atoms with Gasteiger partial charge in [-0.2, -0.15) is 0 Å². The van der Waals surface area contributed by atoms with Crippen molar-refractivity contribution in [3.63, 3.8) is 0 Å². The Labute approximate surface area is 334 Å². The number of hydrogen-bond acceptors (Lipinski definition) is 9. The Bertz CT molecular complexity index is 1040. The van der Waals surface area contributed by atoms with Crippen LogP contribution in [0.1, 0.15) is 200 Å². The molecule has 11 nitrogen and oxygen atoms in total. The largest absolute Gasteiger partial charge is 0.480 e. The van der Waals surface area contributed by atoms with Crippen LogP contribution in [0.2, 0.25) is 0 Å². The number of unbranched alkanes of at least 4 members (excludes halogenated alkanes) is 23. The summed E-state index contributed by atoms with van der Waals surface area (Å²) in [6.07, 6.45) is 39.5. The molecule has 0 aliphatic heterocycles. The fraction of sp³-hybridized carbons (Fsp3) is 0.837. The first-order chi connectivity index (χ1) is 26.6. The van der Waals surface area contributed by atoms with Crippen LogP contribution in [0.4, 0.5) is 0 Å². The summed E-state index contributed by atoms with van der Waals surface area (Å²) in [5.74, 6) is -2.39. The second-order valence-electron chi connectivity index (χ2n) is 14.8. The van der Waals surface area contributed by atoms with Crippen LogP contribution in [-0.2, 0) is 37.5 Å². The van der Waals surface area contributed by atoms with E-state index in [-0.39, 0.29) is 19.4 Å². The van der Waals surface area contributed by atoms with Crippen LogP contribution < -0.4 is 5.73 Å². The number of allylic oxidation sites excluding steroid dienone is 4. The molecular weight excluding hydrogens is 721 g/mol. The van der Waals surface area contributed by atoms with Gasteiger partial charge in [-0.3, -0.25) is 23.4 Å². The second-order valence-corrected chi connectivity index (χ2v) is 16.3. The van der Waals surface area contributed by atoms with Gasteiger partial charge in [-0.05, 0) is 38.5 Å². The third-order valence-electron chi connectivity index (χ3n) is 9.45. The minimum atomic E-state index is -4.71. The first kappa shape index (κ1) is 53.0. The number of phosphoric acid groups is 1. The van der Waals surface area contributed by atoms with Crippen LogP contribution in [0, 0.1) is 0 Å². The number of aliphatic carboxylic acids is 1. The highest BCUT2D eigenvalue weighted by molar-refractivity contribution is 7.47. The van der Waals surface area contributed by atoms with E-state index in [9.17, 15) is 23.8 Å². The molecule has 12 heteroatoms. The number of hydrogen-bond donors (Lipinski definition) is 3. The van der Waals surface area contributed by atoms with E-state index in [1.165, 1.54) is 96.3 Å². The standard InChI is InChI=1S/C43H80NO10P/c1-3-5-7-9-11-13-15-17-19-20-21-23-24-26-28-30-32-34-41(45)51-36-39(37-52-55(49,50)53-38-40(44)43(47)48)54-42(46)35-33-31-29-27-25-22-18-16-14-12-10-8-6-4-2/h10,12,16,18,39-40H,3-9,11,13-15,17,19-38,44H2,1-2H3,(H,47,48)(H,49,50)/b12-10-,18-16-/t39-,40+/m1/s1. The molecule has 0 radical (unpaired) electrons. The number of esters is 2. The third kappa shape index (κ3) is 38.6. The Hall–Kier alpha value is -2.04. The minimum Gasteiger partial charge on any atom is -0.480 e. The number of carboxylic acids is 1. The highest BCUT2D eigenvalue weighted by Gasteiger charge is 2.28. The molecule has 0 aliphatic carbocycles. The molecule has 322 valence electrons. The lowest BCUT2D eigenvalue weighted by Gasteiger charge is -2.20. The van der Waals surface area contributed by atoms with Crippen molar-refractivity contribution >= 4 is 25.7 Å². The van der Waals surface area contributed by atoms with Crippen LogP contribution >= 0.6 is 7.82 Å². The highest BCUT2D eigenvalue weighted by atomic mass is 31.2.